The topological polar surface area (TPSA) is 94.8 Å². The molecule has 5 nitrogen and oxygen atoms in total. The molecule has 156 valence electrons. The van der Waals surface area contributed by atoms with Crippen LogP contribution in [0.4, 0.5) is 0 Å². The van der Waals surface area contributed by atoms with Gasteiger partial charge in [-0.15, -0.1) is 0 Å². The molecule has 3 rings (SSSR count). The lowest BCUT2D eigenvalue weighted by molar-refractivity contribution is -0.130. The van der Waals surface area contributed by atoms with E-state index < -0.39 is 5.41 Å². The largest absolute Gasteiger partial charge is 0.396 e. The predicted molar refractivity (Wildman–Crippen MR) is 112 cm³/mol. The van der Waals surface area contributed by atoms with Gasteiger partial charge in [-0.05, 0) is 29.0 Å². The number of carbonyl (C=O) groups excluding carboxylic acids is 2. The highest BCUT2D eigenvalue weighted by molar-refractivity contribution is 6.02. The van der Waals surface area contributed by atoms with Crippen molar-refractivity contribution in [1.29, 1.82) is 0 Å². The second-order valence-corrected chi connectivity index (χ2v) is 7.68. The number of benzene rings is 2. The molecule has 1 saturated carbocycles. The van der Waals surface area contributed by atoms with Crippen LogP contribution < -0.4 is 0 Å². The van der Waals surface area contributed by atoms with Gasteiger partial charge in [-0.3, -0.25) is 9.59 Å². The molecule has 2 aromatic rings. The van der Waals surface area contributed by atoms with Gasteiger partial charge in [-0.1, -0.05) is 61.5 Å². The summed E-state index contributed by atoms with van der Waals surface area (Å²) in [5, 5.41) is 26.0. The molecule has 0 heterocycles. The third kappa shape index (κ3) is 6.32. The van der Waals surface area contributed by atoms with Crippen molar-refractivity contribution in [3.8, 4) is 11.1 Å². The van der Waals surface area contributed by atoms with Crippen molar-refractivity contribution in [3.63, 3.8) is 0 Å². The van der Waals surface area contributed by atoms with E-state index in [4.69, 9.17) is 15.3 Å². The molecule has 0 bridgehead atoms. The van der Waals surface area contributed by atoms with E-state index in [1.807, 2.05) is 37.3 Å². The van der Waals surface area contributed by atoms with Crippen molar-refractivity contribution in [2.75, 3.05) is 19.8 Å². The molecular formula is C24H30O5. The molecular weight excluding hydrogens is 368 g/mol. The summed E-state index contributed by atoms with van der Waals surface area (Å²) in [6, 6.07) is 18.3. The average Bonchev–Trinajstić information content (AvgIpc) is 2.76. The van der Waals surface area contributed by atoms with Crippen molar-refractivity contribution < 1.29 is 24.9 Å². The van der Waals surface area contributed by atoms with Crippen LogP contribution in [0.1, 0.15) is 44.1 Å². The normalized spacial score (nSPS) is 15.0. The molecule has 0 spiro atoms. The zero-order chi connectivity index (χ0) is 21.3. The Kier molecular flexibility index (Phi) is 8.70. The average molecular weight is 398 g/mol. The van der Waals surface area contributed by atoms with E-state index in [9.17, 15) is 9.59 Å². The SMILES string of the molecule is CCC(CO)(CO)CO.O=C1CC(=O)CC(c2cccc(-c3ccccc3)c2)C1. The van der Waals surface area contributed by atoms with E-state index in [0.717, 1.165) is 16.7 Å². The van der Waals surface area contributed by atoms with Crippen LogP contribution in [0.5, 0.6) is 0 Å². The maximum Gasteiger partial charge on any atom is 0.140 e. The molecule has 0 amide bonds. The lowest BCUT2D eigenvalue weighted by Gasteiger charge is -2.24. The van der Waals surface area contributed by atoms with Gasteiger partial charge in [0.1, 0.15) is 11.6 Å². The van der Waals surface area contributed by atoms with E-state index in [-0.39, 0.29) is 43.7 Å². The van der Waals surface area contributed by atoms with Gasteiger partial charge >= 0.3 is 0 Å². The van der Waals surface area contributed by atoms with Crippen LogP contribution in [0.15, 0.2) is 54.6 Å². The standard InChI is InChI=1S/C18H16O2.C6H14O3/c19-17-10-16(11-18(20)12-17)15-8-4-7-14(9-15)13-5-2-1-3-6-13;1-2-6(3-7,4-8)5-9/h1-9,16H,10-12H2;7-9H,2-5H2,1H3. The number of aliphatic hydroxyl groups is 3. The van der Waals surface area contributed by atoms with Gasteiger partial charge in [-0.2, -0.15) is 0 Å². The van der Waals surface area contributed by atoms with E-state index >= 15 is 0 Å². The Labute approximate surface area is 172 Å². The molecule has 0 aliphatic heterocycles. The van der Waals surface area contributed by atoms with Crippen LogP contribution in [0.3, 0.4) is 0 Å². The highest BCUT2D eigenvalue weighted by Gasteiger charge is 2.26. The number of rotatable bonds is 6. The van der Waals surface area contributed by atoms with E-state index in [1.165, 1.54) is 0 Å². The Morgan fingerprint density at radius 3 is 1.86 bits per heavy atom. The predicted octanol–water partition coefficient (Wildman–Crippen LogP) is 3.12. The van der Waals surface area contributed by atoms with Gasteiger partial charge in [-0.25, -0.2) is 0 Å². The first kappa shape index (κ1) is 22.9. The Bertz CT molecular complexity index is 762. The fourth-order valence-corrected chi connectivity index (χ4v) is 3.31. The molecule has 29 heavy (non-hydrogen) atoms. The van der Waals surface area contributed by atoms with Crippen molar-refractivity contribution in [3.05, 3.63) is 60.2 Å². The van der Waals surface area contributed by atoms with Gasteiger partial charge in [0, 0.05) is 18.3 Å². The smallest absolute Gasteiger partial charge is 0.140 e. The quantitative estimate of drug-likeness (QED) is 0.650. The summed E-state index contributed by atoms with van der Waals surface area (Å²) >= 11 is 0. The fourth-order valence-electron chi connectivity index (χ4n) is 3.31. The Morgan fingerprint density at radius 2 is 1.38 bits per heavy atom. The van der Waals surface area contributed by atoms with E-state index in [1.54, 1.807) is 0 Å². The maximum absolute atomic E-state index is 11.6. The highest BCUT2D eigenvalue weighted by Crippen LogP contribution is 2.31. The highest BCUT2D eigenvalue weighted by atomic mass is 16.3. The molecule has 1 fully saturated rings. The summed E-state index contributed by atoms with van der Waals surface area (Å²) in [5.41, 5.74) is 2.71. The summed E-state index contributed by atoms with van der Waals surface area (Å²) in [6.45, 7) is 1.35. The van der Waals surface area contributed by atoms with Gasteiger partial charge in [0.15, 0.2) is 0 Å². The summed E-state index contributed by atoms with van der Waals surface area (Å²) in [6.07, 6.45) is 1.69. The molecule has 3 N–H and O–H groups in total. The van der Waals surface area contributed by atoms with Crippen LogP contribution in [0, 0.1) is 5.41 Å². The summed E-state index contributed by atoms with van der Waals surface area (Å²) in [7, 11) is 0. The third-order valence-corrected chi connectivity index (χ3v) is 5.56. The summed E-state index contributed by atoms with van der Waals surface area (Å²) < 4.78 is 0. The first-order chi connectivity index (χ1) is 14.0. The molecule has 1 aliphatic carbocycles. The minimum absolute atomic E-state index is 0.0485. The second kappa shape index (κ2) is 11.0. The van der Waals surface area contributed by atoms with Crippen LogP contribution in [0.25, 0.3) is 11.1 Å². The van der Waals surface area contributed by atoms with Gasteiger partial charge in [0.2, 0.25) is 0 Å². The lowest BCUT2D eigenvalue weighted by atomic mass is 9.82. The minimum atomic E-state index is -0.667. The van der Waals surface area contributed by atoms with Crippen LogP contribution in [-0.4, -0.2) is 46.7 Å². The van der Waals surface area contributed by atoms with E-state index in [0.29, 0.717) is 19.3 Å². The Hall–Kier alpha value is -2.34. The molecule has 0 radical (unpaired) electrons. The molecule has 0 atom stereocenters. The number of hydrogen-bond acceptors (Lipinski definition) is 5. The first-order valence-corrected chi connectivity index (χ1v) is 9.98. The minimum Gasteiger partial charge on any atom is -0.396 e. The Balaban J connectivity index is 0.000000284. The van der Waals surface area contributed by atoms with Crippen LogP contribution in [0.2, 0.25) is 0 Å². The molecule has 1 aliphatic rings. The summed E-state index contributed by atoms with van der Waals surface area (Å²) in [5.74, 6) is 0.181. The monoisotopic (exact) mass is 398 g/mol. The number of aliphatic hydroxyl groups excluding tert-OH is 3. The maximum atomic E-state index is 11.6. The van der Waals surface area contributed by atoms with Gasteiger partial charge < -0.3 is 15.3 Å². The lowest BCUT2D eigenvalue weighted by Crippen LogP contribution is -2.32. The molecule has 0 aromatic heterocycles. The van der Waals surface area contributed by atoms with Crippen molar-refractivity contribution >= 4 is 11.6 Å². The van der Waals surface area contributed by atoms with Crippen molar-refractivity contribution in [2.45, 2.75) is 38.5 Å². The zero-order valence-corrected chi connectivity index (χ0v) is 16.9. The molecule has 5 heteroatoms. The van der Waals surface area contributed by atoms with Crippen LogP contribution in [-0.2, 0) is 9.59 Å². The number of Topliss-reactive ketones (excluding diaryl/α,β-unsaturated/α-hetero) is 2. The number of ketones is 2. The third-order valence-electron chi connectivity index (χ3n) is 5.56. The Morgan fingerprint density at radius 1 is 0.828 bits per heavy atom. The fraction of sp³-hybridized carbons (Fsp3) is 0.417. The van der Waals surface area contributed by atoms with Crippen LogP contribution >= 0.6 is 0 Å². The molecule has 0 saturated heterocycles. The number of hydrogen-bond donors (Lipinski definition) is 3. The summed E-state index contributed by atoms with van der Waals surface area (Å²) in [4.78, 5) is 23.2. The van der Waals surface area contributed by atoms with Gasteiger partial charge in [0.25, 0.3) is 0 Å². The van der Waals surface area contributed by atoms with Gasteiger partial charge in [0.05, 0.1) is 26.2 Å². The van der Waals surface area contributed by atoms with Crippen molar-refractivity contribution in [1.82, 2.24) is 0 Å². The zero-order valence-electron chi connectivity index (χ0n) is 16.9. The molecule has 0 unspecified atom stereocenters. The first-order valence-electron chi connectivity index (χ1n) is 9.98. The second-order valence-electron chi connectivity index (χ2n) is 7.68. The molecule has 2 aromatic carbocycles. The van der Waals surface area contributed by atoms with Crippen molar-refractivity contribution in [2.24, 2.45) is 5.41 Å². The van der Waals surface area contributed by atoms with E-state index in [2.05, 4.69) is 24.3 Å². The number of carbonyl (C=O) groups is 2.